The molecular formula is C17H23N3O3. The molecule has 0 aromatic carbocycles. The summed E-state index contributed by atoms with van der Waals surface area (Å²) >= 11 is 0. The zero-order chi connectivity index (χ0) is 15.8. The van der Waals surface area contributed by atoms with Crippen LogP contribution in [0.4, 0.5) is 0 Å². The Morgan fingerprint density at radius 3 is 3.00 bits per heavy atom. The highest BCUT2D eigenvalue weighted by molar-refractivity contribution is 5.94. The van der Waals surface area contributed by atoms with Crippen molar-refractivity contribution in [1.29, 1.82) is 0 Å². The molecule has 1 aliphatic carbocycles. The van der Waals surface area contributed by atoms with Crippen LogP contribution in [0.2, 0.25) is 0 Å². The molecule has 2 aliphatic heterocycles. The smallest absolute Gasteiger partial charge is 0.254 e. The molecule has 1 saturated carbocycles. The maximum absolute atomic E-state index is 12.8. The summed E-state index contributed by atoms with van der Waals surface area (Å²) in [7, 11) is 1.56. The number of rotatable bonds is 3. The zero-order valence-corrected chi connectivity index (χ0v) is 13.5. The first-order chi connectivity index (χ1) is 11.3. The lowest BCUT2D eigenvalue weighted by Crippen LogP contribution is -2.63. The van der Waals surface area contributed by atoms with Crippen LogP contribution in [-0.4, -0.2) is 72.7 Å². The fraction of sp³-hybridized carbons (Fsp3) is 0.647. The number of carbonyl (C=O) groups excluding carboxylic acids is 1. The van der Waals surface area contributed by atoms with E-state index in [1.54, 1.807) is 25.4 Å². The van der Waals surface area contributed by atoms with Crippen molar-refractivity contribution in [1.82, 2.24) is 14.8 Å². The van der Waals surface area contributed by atoms with Crippen LogP contribution in [0.25, 0.3) is 0 Å². The van der Waals surface area contributed by atoms with Crippen LogP contribution in [0.1, 0.15) is 23.2 Å². The fourth-order valence-corrected chi connectivity index (χ4v) is 3.78. The average Bonchev–Trinajstić information content (AvgIpc) is 3.45. The number of amides is 1. The molecule has 2 atom stereocenters. The van der Waals surface area contributed by atoms with Gasteiger partial charge in [0.1, 0.15) is 0 Å². The van der Waals surface area contributed by atoms with E-state index in [1.165, 1.54) is 12.8 Å². The Morgan fingerprint density at radius 1 is 1.35 bits per heavy atom. The largest absolute Gasteiger partial charge is 0.481 e. The molecule has 4 rings (SSSR count). The van der Waals surface area contributed by atoms with Crippen LogP contribution in [0.5, 0.6) is 5.88 Å². The van der Waals surface area contributed by atoms with Gasteiger partial charge in [-0.3, -0.25) is 9.69 Å². The van der Waals surface area contributed by atoms with Crippen molar-refractivity contribution < 1.29 is 14.3 Å². The molecule has 0 bridgehead atoms. The predicted octanol–water partition coefficient (Wildman–Crippen LogP) is 1.03. The van der Waals surface area contributed by atoms with E-state index < -0.39 is 0 Å². The van der Waals surface area contributed by atoms with Gasteiger partial charge in [-0.2, -0.15) is 0 Å². The van der Waals surface area contributed by atoms with Gasteiger partial charge in [0.15, 0.2) is 0 Å². The average molecular weight is 317 g/mol. The monoisotopic (exact) mass is 317 g/mol. The van der Waals surface area contributed by atoms with E-state index in [0.717, 1.165) is 38.8 Å². The number of methoxy groups -OCH3 is 1. The van der Waals surface area contributed by atoms with Crippen molar-refractivity contribution in [2.75, 3.05) is 40.0 Å². The van der Waals surface area contributed by atoms with Crippen LogP contribution in [0.15, 0.2) is 18.3 Å². The molecule has 1 aromatic rings. The highest BCUT2D eigenvalue weighted by atomic mass is 16.5. The van der Waals surface area contributed by atoms with E-state index in [0.29, 0.717) is 23.5 Å². The molecule has 6 heteroatoms. The highest BCUT2D eigenvalue weighted by Crippen LogP contribution is 2.38. The number of ether oxygens (including phenoxy) is 2. The summed E-state index contributed by atoms with van der Waals surface area (Å²) in [4.78, 5) is 21.3. The third-order valence-corrected chi connectivity index (χ3v) is 5.20. The zero-order valence-electron chi connectivity index (χ0n) is 13.5. The van der Waals surface area contributed by atoms with Crippen LogP contribution in [0.3, 0.4) is 0 Å². The number of fused-ring (bicyclic) bond motifs is 1. The Balaban J connectivity index is 1.45. The number of hydrogen-bond acceptors (Lipinski definition) is 5. The minimum absolute atomic E-state index is 0.0545. The van der Waals surface area contributed by atoms with Gasteiger partial charge in [0.25, 0.3) is 5.91 Å². The molecule has 6 nitrogen and oxygen atoms in total. The Labute approximate surface area is 136 Å². The summed E-state index contributed by atoms with van der Waals surface area (Å²) in [6, 6.07) is 4.35. The number of carbonyl (C=O) groups is 1. The summed E-state index contributed by atoms with van der Waals surface area (Å²) in [6.07, 6.45) is 4.28. The van der Waals surface area contributed by atoms with Crippen molar-refractivity contribution in [2.24, 2.45) is 5.92 Å². The molecule has 3 heterocycles. The summed E-state index contributed by atoms with van der Waals surface area (Å²) in [6.45, 7) is 4.06. The molecule has 0 N–H and O–H groups in total. The van der Waals surface area contributed by atoms with E-state index in [9.17, 15) is 4.79 Å². The van der Waals surface area contributed by atoms with E-state index in [4.69, 9.17) is 9.47 Å². The lowest BCUT2D eigenvalue weighted by atomic mass is 10.0. The Morgan fingerprint density at radius 2 is 2.22 bits per heavy atom. The minimum atomic E-state index is 0.0545. The first-order valence-corrected chi connectivity index (χ1v) is 8.39. The van der Waals surface area contributed by atoms with Gasteiger partial charge in [-0.25, -0.2) is 4.98 Å². The molecule has 1 aromatic heterocycles. The van der Waals surface area contributed by atoms with E-state index in [2.05, 4.69) is 9.88 Å². The summed E-state index contributed by atoms with van der Waals surface area (Å²) in [5.41, 5.74) is 0.640. The van der Waals surface area contributed by atoms with Crippen LogP contribution >= 0.6 is 0 Å². The van der Waals surface area contributed by atoms with Gasteiger partial charge >= 0.3 is 0 Å². The molecule has 3 fully saturated rings. The second-order valence-electron chi connectivity index (χ2n) is 6.67. The van der Waals surface area contributed by atoms with Crippen molar-refractivity contribution >= 4 is 5.91 Å². The third-order valence-electron chi connectivity index (χ3n) is 5.20. The van der Waals surface area contributed by atoms with Gasteiger partial charge in [0, 0.05) is 43.5 Å². The normalized spacial score (nSPS) is 28.3. The number of nitrogens with zero attached hydrogens (tertiary/aromatic N) is 3. The summed E-state index contributed by atoms with van der Waals surface area (Å²) in [5, 5.41) is 0. The number of morpholine rings is 1. The van der Waals surface area contributed by atoms with Crippen LogP contribution in [-0.2, 0) is 4.74 Å². The van der Waals surface area contributed by atoms with Crippen molar-refractivity contribution in [2.45, 2.75) is 24.9 Å². The van der Waals surface area contributed by atoms with Gasteiger partial charge in [0.2, 0.25) is 5.88 Å². The van der Waals surface area contributed by atoms with Gasteiger partial charge in [-0.15, -0.1) is 0 Å². The minimum Gasteiger partial charge on any atom is -0.481 e. The van der Waals surface area contributed by atoms with Gasteiger partial charge in [-0.05, 0) is 24.8 Å². The second-order valence-corrected chi connectivity index (χ2v) is 6.67. The molecule has 2 unspecified atom stereocenters. The van der Waals surface area contributed by atoms with Gasteiger partial charge in [0.05, 0.1) is 26.4 Å². The topological polar surface area (TPSA) is 54.9 Å². The molecule has 3 aliphatic rings. The lowest BCUT2D eigenvalue weighted by molar-refractivity contribution is -0.0816. The maximum atomic E-state index is 12.8. The third kappa shape index (κ3) is 2.93. The van der Waals surface area contributed by atoms with Gasteiger partial charge in [-0.1, -0.05) is 0 Å². The summed E-state index contributed by atoms with van der Waals surface area (Å²) in [5.74, 6) is 1.34. The number of piperazine rings is 1. The van der Waals surface area contributed by atoms with Crippen LogP contribution < -0.4 is 4.74 Å². The summed E-state index contributed by atoms with van der Waals surface area (Å²) < 4.78 is 10.9. The molecule has 23 heavy (non-hydrogen) atoms. The molecule has 1 amide bonds. The van der Waals surface area contributed by atoms with E-state index in [-0.39, 0.29) is 5.91 Å². The fourth-order valence-electron chi connectivity index (χ4n) is 3.78. The van der Waals surface area contributed by atoms with Gasteiger partial charge < -0.3 is 14.4 Å². The predicted molar refractivity (Wildman–Crippen MR) is 84.5 cm³/mol. The molecule has 0 radical (unpaired) electrons. The highest BCUT2D eigenvalue weighted by Gasteiger charge is 2.43. The Hall–Kier alpha value is -1.66. The number of hydrogen-bond donors (Lipinski definition) is 0. The first kappa shape index (κ1) is 14.9. The quantitative estimate of drug-likeness (QED) is 0.833. The molecular weight excluding hydrogens is 294 g/mol. The lowest BCUT2D eigenvalue weighted by Gasteiger charge is -2.48. The Kier molecular flexibility index (Phi) is 3.95. The Bertz CT molecular complexity index is 590. The maximum Gasteiger partial charge on any atom is 0.254 e. The van der Waals surface area contributed by atoms with Crippen molar-refractivity contribution in [3.05, 3.63) is 23.9 Å². The SMILES string of the molecule is COc1cc(C(=O)N2CCN3C(COCC3C3CC3)C2)ccn1. The van der Waals surface area contributed by atoms with Crippen molar-refractivity contribution in [3.8, 4) is 5.88 Å². The standard InChI is InChI=1S/C17H23N3O3/c1-22-16-8-13(4-5-18-16)17(21)19-6-7-20-14(9-19)10-23-11-15(20)12-2-3-12/h4-5,8,12,14-15H,2-3,6-7,9-11H2,1H3. The molecule has 124 valence electrons. The van der Waals surface area contributed by atoms with E-state index in [1.807, 2.05) is 4.90 Å². The number of pyridine rings is 1. The second kappa shape index (κ2) is 6.09. The molecule has 0 spiro atoms. The number of aromatic nitrogens is 1. The van der Waals surface area contributed by atoms with E-state index >= 15 is 0 Å². The molecule has 2 saturated heterocycles. The first-order valence-electron chi connectivity index (χ1n) is 8.39. The van der Waals surface area contributed by atoms with Crippen molar-refractivity contribution in [3.63, 3.8) is 0 Å². The van der Waals surface area contributed by atoms with Crippen LogP contribution in [0, 0.1) is 5.92 Å².